The summed E-state index contributed by atoms with van der Waals surface area (Å²) in [6, 6.07) is 0. The molecule has 0 heterocycles. The molecule has 0 rings (SSSR count). The lowest BCUT2D eigenvalue weighted by molar-refractivity contribution is 0.319. The highest BCUT2D eigenvalue weighted by Crippen LogP contribution is 2.16. The summed E-state index contributed by atoms with van der Waals surface area (Å²) in [7, 11) is -1.38. The van der Waals surface area contributed by atoms with Crippen molar-refractivity contribution in [1.29, 1.82) is 0 Å². The van der Waals surface area contributed by atoms with E-state index in [2.05, 4.69) is 6.92 Å². The highest BCUT2D eigenvalue weighted by Gasteiger charge is 2.04. The first-order chi connectivity index (χ1) is 5.77. The van der Waals surface area contributed by atoms with Gasteiger partial charge in [0.05, 0.1) is 0 Å². The SMILES string of the molecule is CCCCCCCCO[P+](C)=O. The van der Waals surface area contributed by atoms with Gasteiger partial charge >= 0.3 is 8.03 Å². The third-order valence-corrected chi connectivity index (χ3v) is 2.32. The quantitative estimate of drug-likeness (QED) is 0.431. The fourth-order valence-electron chi connectivity index (χ4n) is 1.08. The topological polar surface area (TPSA) is 26.3 Å². The molecular weight excluding hydrogens is 171 g/mol. The maximum absolute atomic E-state index is 10.5. The Bertz CT molecular complexity index is 115. The van der Waals surface area contributed by atoms with Gasteiger partial charge in [0.15, 0.2) is 6.66 Å². The zero-order valence-corrected chi connectivity index (χ0v) is 9.11. The predicted octanol–water partition coefficient (Wildman–Crippen LogP) is 3.74. The van der Waals surface area contributed by atoms with Crippen LogP contribution in [0, 0.1) is 0 Å². The number of hydrogen-bond donors (Lipinski definition) is 0. The van der Waals surface area contributed by atoms with Gasteiger partial charge in [0, 0.05) is 0 Å². The molecule has 0 aliphatic rings. The maximum Gasteiger partial charge on any atom is 0.504 e. The average Bonchev–Trinajstić information content (AvgIpc) is 2.02. The first-order valence-corrected chi connectivity index (χ1v) is 6.43. The van der Waals surface area contributed by atoms with Crippen molar-refractivity contribution in [1.82, 2.24) is 0 Å². The minimum absolute atomic E-state index is 0.665. The highest BCUT2D eigenvalue weighted by atomic mass is 31.1. The normalized spacial score (nSPS) is 11.7. The molecule has 0 spiro atoms. The summed E-state index contributed by atoms with van der Waals surface area (Å²) in [5.74, 6) is 0. The van der Waals surface area contributed by atoms with Crippen LogP contribution in [0.2, 0.25) is 0 Å². The second-order valence-electron chi connectivity index (χ2n) is 3.04. The highest BCUT2D eigenvalue weighted by molar-refractivity contribution is 7.38. The molecule has 2 nitrogen and oxygen atoms in total. The van der Waals surface area contributed by atoms with Crippen molar-refractivity contribution < 1.29 is 9.09 Å². The molecule has 0 saturated carbocycles. The molecule has 1 atom stereocenters. The van der Waals surface area contributed by atoms with E-state index in [-0.39, 0.29) is 0 Å². The van der Waals surface area contributed by atoms with Gasteiger partial charge in [-0.3, -0.25) is 0 Å². The molecule has 0 aromatic carbocycles. The molecule has 0 N–H and O–H groups in total. The van der Waals surface area contributed by atoms with E-state index in [9.17, 15) is 4.57 Å². The van der Waals surface area contributed by atoms with Gasteiger partial charge in [0.2, 0.25) is 0 Å². The largest absolute Gasteiger partial charge is 0.504 e. The van der Waals surface area contributed by atoms with Crippen LogP contribution in [0.5, 0.6) is 0 Å². The van der Waals surface area contributed by atoms with Gasteiger partial charge in [0.1, 0.15) is 6.61 Å². The van der Waals surface area contributed by atoms with Crippen molar-refractivity contribution in [2.24, 2.45) is 0 Å². The molecule has 3 heteroatoms. The Morgan fingerprint density at radius 1 is 1.08 bits per heavy atom. The van der Waals surface area contributed by atoms with Gasteiger partial charge in [-0.25, -0.2) is 0 Å². The van der Waals surface area contributed by atoms with E-state index >= 15 is 0 Å². The van der Waals surface area contributed by atoms with Crippen LogP contribution in [0.25, 0.3) is 0 Å². The third kappa shape index (κ3) is 10.1. The van der Waals surface area contributed by atoms with E-state index < -0.39 is 8.03 Å². The monoisotopic (exact) mass is 191 g/mol. The van der Waals surface area contributed by atoms with Crippen LogP contribution in [0.4, 0.5) is 0 Å². The summed E-state index contributed by atoms with van der Waals surface area (Å²) in [4.78, 5) is 0. The molecule has 0 aliphatic heterocycles. The molecule has 0 aliphatic carbocycles. The van der Waals surface area contributed by atoms with Gasteiger partial charge in [-0.2, -0.15) is 0 Å². The second-order valence-corrected chi connectivity index (χ2v) is 4.18. The van der Waals surface area contributed by atoms with Crippen LogP contribution in [0.3, 0.4) is 0 Å². The molecule has 0 aromatic rings. The smallest absolute Gasteiger partial charge is 0.147 e. The van der Waals surface area contributed by atoms with Crippen molar-refractivity contribution in [2.45, 2.75) is 45.4 Å². The maximum atomic E-state index is 10.5. The summed E-state index contributed by atoms with van der Waals surface area (Å²) in [6.07, 6.45) is 7.51. The van der Waals surface area contributed by atoms with Crippen LogP contribution < -0.4 is 0 Å². The average molecular weight is 191 g/mol. The minimum Gasteiger partial charge on any atom is -0.147 e. The van der Waals surface area contributed by atoms with E-state index in [1.807, 2.05) is 0 Å². The van der Waals surface area contributed by atoms with Crippen LogP contribution in [-0.2, 0) is 9.09 Å². The molecule has 72 valence electrons. The zero-order valence-electron chi connectivity index (χ0n) is 8.21. The van der Waals surface area contributed by atoms with Crippen molar-refractivity contribution >= 4 is 8.03 Å². The minimum atomic E-state index is -1.38. The van der Waals surface area contributed by atoms with E-state index in [4.69, 9.17) is 4.52 Å². The lowest BCUT2D eigenvalue weighted by Gasteiger charge is -1.96. The van der Waals surface area contributed by atoms with Gasteiger partial charge < -0.3 is 0 Å². The Labute approximate surface area is 76.6 Å². The van der Waals surface area contributed by atoms with Crippen molar-refractivity contribution in [3.8, 4) is 0 Å². The number of hydrogen-bond acceptors (Lipinski definition) is 2. The molecule has 0 amide bonds. The number of unbranched alkanes of at least 4 members (excludes halogenated alkanes) is 5. The molecular formula is C9H20O2P+. The second kappa shape index (κ2) is 9.15. The van der Waals surface area contributed by atoms with Gasteiger partial charge in [-0.15, -0.1) is 4.52 Å². The molecule has 0 fully saturated rings. The summed E-state index contributed by atoms with van der Waals surface area (Å²) in [5.41, 5.74) is 0. The van der Waals surface area contributed by atoms with E-state index in [0.29, 0.717) is 6.61 Å². The number of rotatable bonds is 8. The molecule has 0 aromatic heterocycles. The van der Waals surface area contributed by atoms with Crippen LogP contribution >= 0.6 is 8.03 Å². The molecule has 0 radical (unpaired) electrons. The van der Waals surface area contributed by atoms with Gasteiger partial charge in [-0.05, 0) is 11.0 Å². The van der Waals surface area contributed by atoms with Crippen molar-refractivity contribution in [2.75, 3.05) is 13.3 Å². The van der Waals surface area contributed by atoms with E-state index in [1.165, 1.54) is 32.1 Å². The molecule has 1 unspecified atom stereocenters. The Morgan fingerprint density at radius 2 is 1.67 bits per heavy atom. The Balaban J connectivity index is 2.86. The summed E-state index contributed by atoms with van der Waals surface area (Å²) in [6.45, 7) is 4.48. The molecule has 12 heavy (non-hydrogen) atoms. The third-order valence-electron chi connectivity index (χ3n) is 1.77. The molecule has 0 saturated heterocycles. The lowest BCUT2D eigenvalue weighted by atomic mass is 10.1. The van der Waals surface area contributed by atoms with Crippen LogP contribution in [-0.4, -0.2) is 13.3 Å². The lowest BCUT2D eigenvalue weighted by Crippen LogP contribution is -1.86. The molecule has 0 bridgehead atoms. The predicted molar refractivity (Wildman–Crippen MR) is 52.9 cm³/mol. The first-order valence-electron chi connectivity index (χ1n) is 4.81. The Hall–Kier alpha value is 0.0600. The summed E-state index contributed by atoms with van der Waals surface area (Å²) in [5, 5.41) is 0. The Morgan fingerprint density at radius 3 is 2.25 bits per heavy atom. The first kappa shape index (κ1) is 12.1. The van der Waals surface area contributed by atoms with Gasteiger partial charge in [0.25, 0.3) is 0 Å². The fraction of sp³-hybridized carbons (Fsp3) is 1.00. The summed E-state index contributed by atoms with van der Waals surface area (Å²) >= 11 is 0. The Kier molecular flexibility index (Phi) is 9.20. The van der Waals surface area contributed by atoms with Gasteiger partial charge in [-0.1, -0.05) is 39.0 Å². The zero-order chi connectivity index (χ0) is 9.23. The fourth-order valence-corrected chi connectivity index (χ4v) is 1.46. The summed E-state index contributed by atoms with van der Waals surface area (Å²) < 4.78 is 15.5. The van der Waals surface area contributed by atoms with Crippen molar-refractivity contribution in [3.05, 3.63) is 0 Å². The standard InChI is InChI=1S/C9H20O2P/c1-3-4-5-6-7-8-9-11-12(2)10/h3-9H2,1-2H3/q+1. The van der Waals surface area contributed by atoms with Crippen molar-refractivity contribution in [3.63, 3.8) is 0 Å². The van der Waals surface area contributed by atoms with E-state index in [1.54, 1.807) is 6.66 Å². The van der Waals surface area contributed by atoms with E-state index in [0.717, 1.165) is 6.42 Å². The van der Waals surface area contributed by atoms with Crippen LogP contribution in [0.1, 0.15) is 45.4 Å². The van der Waals surface area contributed by atoms with Crippen LogP contribution in [0.15, 0.2) is 0 Å².